The van der Waals surface area contributed by atoms with Crippen molar-refractivity contribution in [1.29, 1.82) is 0 Å². The lowest BCUT2D eigenvalue weighted by atomic mass is 10.2. The van der Waals surface area contributed by atoms with E-state index >= 15 is 0 Å². The van der Waals surface area contributed by atoms with Crippen LogP contribution in [0, 0.1) is 12.3 Å². The topological polar surface area (TPSA) is 72.2 Å². The fraction of sp³-hybridized carbons (Fsp3) is 0.400. The van der Waals surface area contributed by atoms with E-state index in [1.807, 2.05) is 0 Å². The molecular weight excluding hydrogens is 244 g/mol. The number of unbranched alkanes of at least 4 members (excludes halogenated alkanes) is 2. The normalized spacial score (nSPS) is 11.2. The van der Waals surface area contributed by atoms with Crippen molar-refractivity contribution in [2.75, 3.05) is 12.3 Å². The first-order valence-electron chi connectivity index (χ1n) is 4.83. The van der Waals surface area contributed by atoms with Gasteiger partial charge in [-0.25, -0.2) is 13.1 Å². The molecule has 0 bridgehead atoms. The van der Waals surface area contributed by atoms with Crippen LogP contribution in [0.2, 0.25) is 0 Å². The Hall–Kier alpha value is -1.03. The highest BCUT2D eigenvalue weighted by Crippen LogP contribution is 2.21. The molecule has 4 nitrogen and oxygen atoms in total. The van der Waals surface area contributed by atoms with E-state index in [0.717, 1.165) is 24.2 Å². The summed E-state index contributed by atoms with van der Waals surface area (Å²) in [7, 11) is -3.39. The standard InChI is InChI=1S/C10H14N2O2S2/c1-2-3-4-5-6-12-16(13,14)10-7-9(11)8-15-10/h1,7-8,12H,3-6,11H2. The molecule has 3 N–H and O–H groups in total. The smallest absolute Gasteiger partial charge is 0.250 e. The lowest BCUT2D eigenvalue weighted by Gasteiger charge is -2.03. The number of anilines is 1. The molecule has 0 unspecified atom stereocenters. The van der Waals surface area contributed by atoms with Crippen LogP contribution in [0.3, 0.4) is 0 Å². The Morgan fingerprint density at radius 1 is 1.50 bits per heavy atom. The molecule has 88 valence electrons. The highest BCUT2D eigenvalue weighted by atomic mass is 32.2. The largest absolute Gasteiger partial charge is 0.398 e. The Morgan fingerprint density at radius 2 is 2.25 bits per heavy atom. The first kappa shape index (κ1) is 13.0. The van der Waals surface area contributed by atoms with Crippen LogP contribution in [0.5, 0.6) is 0 Å². The minimum absolute atomic E-state index is 0.252. The molecule has 0 fully saturated rings. The average molecular weight is 258 g/mol. The Morgan fingerprint density at radius 3 is 2.81 bits per heavy atom. The number of hydrogen-bond donors (Lipinski definition) is 2. The third kappa shape index (κ3) is 3.85. The van der Waals surface area contributed by atoms with Crippen LogP contribution in [0.25, 0.3) is 0 Å². The molecule has 6 heteroatoms. The van der Waals surface area contributed by atoms with Gasteiger partial charge in [0.25, 0.3) is 0 Å². The molecule has 0 amide bonds. The zero-order valence-corrected chi connectivity index (χ0v) is 10.4. The van der Waals surface area contributed by atoms with Crippen molar-refractivity contribution in [3.8, 4) is 12.3 Å². The lowest BCUT2D eigenvalue weighted by Crippen LogP contribution is -2.23. The van der Waals surface area contributed by atoms with Gasteiger partial charge in [-0.3, -0.25) is 0 Å². The minimum Gasteiger partial charge on any atom is -0.398 e. The van der Waals surface area contributed by atoms with E-state index in [0.29, 0.717) is 18.7 Å². The third-order valence-electron chi connectivity index (χ3n) is 1.90. The summed E-state index contributed by atoms with van der Waals surface area (Å²) in [6.07, 6.45) is 7.33. The molecule has 0 aromatic carbocycles. The average Bonchev–Trinajstić information content (AvgIpc) is 2.65. The molecule has 0 atom stereocenters. The molecule has 0 spiro atoms. The molecule has 1 heterocycles. The second-order valence-electron chi connectivity index (χ2n) is 3.26. The van der Waals surface area contributed by atoms with Gasteiger partial charge in [0.2, 0.25) is 10.0 Å². The number of nitrogen functional groups attached to an aromatic ring is 1. The predicted octanol–water partition coefficient (Wildman–Crippen LogP) is 1.41. The number of thiophene rings is 1. The Bertz CT molecular complexity index is 471. The van der Waals surface area contributed by atoms with Crippen LogP contribution >= 0.6 is 11.3 Å². The van der Waals surface area contributed by atoms with Crippen LogP contribution < -0.4 is 10.5 Å². The van der Waals surface area contributed by atoms with Gasteiger partial charge in [0, 0.05) is 24.0 Å². The van der Waals surface area contributed by atoms with E-state index in [2.05, 4.69) is 10.6 Å². The van der Waals surface area contributed by atoms with Gasteiger partial charge in [-0.1, -0.05) is 0 Å². The Labute approximate surface area is 99.9 Å². The molecule has 1 rings (SSSR count). The number of terminal acetylenes is 1. The summed E-state index contributed by atoms with van der Waals surface area (Å²) in [5.41, 5.74) is 5.94. The van der Waals surface area contributed by atoms with Crippen LogP contribution in [-0.2, 0) is 10.0 Å². The van der Waals surface area contributed by atoms with Gasteiger partial charge in [-0.15, -0.1) is 23.7 Å². The molecule has 0 saturated heterocycles. The van der Waals surface area contributed by atoms with Crippen LogP contribution in [0.1, 0.15) is 19.3 Å². The molecule has 0 saturated carbocycles. The fourth-order valence-corrected chi connectivity index (χ4v) is 3.30. The van der Waals surface area contributed by atoms with Gasteiger partial charge < -0.3 is 5.73 Å². The number of nitrogens with one attached hydrogen (secondary N) is 1. The fourth-order valence-electron chi connectivity index (χ4n) is 1.10. The van der Waals surface area contributed by atoms with Gasteiger partial charge in [-0.05, 0) is 18.9 Å². The monoisotopic (exact) mass is 258 g/mol. The Kier molecular flexibility index (Phi) is 4.80. The van der Waals surface area contributed by atoms with E-state index in [9.17, 15) is 8.42 Å². The van der Waals surface area contributed by atoms with Crippen molar-refractivity contribution in [3.05, 3.63) is 11.4 Å². The molecule has 0 aliphatic heterocycles. The van der Waals surface area contributed by atoms with Crippen molar-refractivity contribution in [2.45, 2.75) is 23.5 Å². The number of sulfonamides is 1. The number of nitrogens with two attached hydrogens (primary N) is 1. The highest BCUT2D eigenvalue weighted by Gasteiger charge is 2.14. The van der Waals surface area contributed by atoms with Crippen LogP contribution in [0.15, 0.2) is 15.7 Å². The molecule has 1 aromatic heterocycles. The molecule has 1 aromatic rings. The lowest BCUT2D eigenvalue weighted by molar-refractivity contribution is 0.579. The van der Waals surface area contributed by atoms with Crippen LogP contribution in [-0.4, -0.2) is 15.0 Å². The molecule has 16 heavy (non-hydrogen) atoms. The molecular formula is C10H14N2O2S2. The van der Waals surface area contributed by atoms with E-state index in [1.165, 1.54) is 6.07 Å². The van der Waals surface area contributed by atoms with E-state index in [-0.39, 0.29) is 4.21 Å². The van der Waals surface area contributed by atoms with Gasteiger partial charge in [0.15, 0.2) is 0 Å². The highest BCUT2D eigenvalue weighted by molar-refractivity contribution is 7.91. The number of rotatable bonds is 6. The van der Waals surface area contributed by atoms with Crippen molar-refractivity contribution >= 4 is 27.0 Å². The van der Waals surface area contributed by atoms with Crippen molar-refractivity contribution in [3.63, 3.8) is 0 Å². The van der Waals surface area contributed by atoms with E-state index in [1.54, 1.807) is 5.38 Å². The molecule has 0 aliphatic rings. The third-order valence-corrected chi connectivity index (χ3v) is 4.82. The summed E-state index contributed by atoms with van der Waals surface area (Å²) in [4.78, 5) is 0. The summed E-state index contributed by atoms with van der Waals surface area (Å²) < 4.78 is 26.1. The van der Waals surface area contributed by atoms with Crippen LogP contribution in [0.4, 0.5) is 5.69 Å². The summed E-state index contributed by atoms with van der Waals surface area (Å²) in [5.74, 6) is 2.51. The van der Waals surface area contributed by atoms with Crippen molar-refractivity contribution in [2.24, 2.45) is 0 Å². The summed E-state index contributed by atoms with van der Waals surface area (Å²) in [6.45, 7) is 0.405. The maximum Gasteiger partial charge on any atom is 0.250 e. The second kappa shape index (κ2) is 5.89. The first-order chi connectivity index (χ1) is 7.56. The number of hydrogen-bond acceptors (Lipinski definition) is 4. The summed E-state index contributed by atoms with van der Waals surface area (Å²) in [6, 6.07) is 1.45. The minimum atomic E-state index is -3.39. The molecule has 0 radical (unpaired) electrons. The van der Waals surface area contributed by atoms with Gasteiger partial charge in [0.1, 0.15) is 4.21 Å². The van der Waals surface area contributed by atoms with Crippen molar-refractivity contribution in [1.82, 2.24) is 4.72 Å². The zero-order valence-electron chi connectivity index (χ0n) is 8.77. The summed E-state index contributed by atoms with van der Waals surface area (Å²) in [5, 5.41) is 1.60. The van der Waals surface area contributed by atoms with Crippen molar-refractivity contribution < 1.29 is 8.42 Å². The predicted molar refractivity (Wildman–Crippen MR) is 66.6 cm³/mol. The summed E-state index contributed by atoms with van der Waals surface area (Å²) >= 11 is 1.12. The van der Waals surface area contributed by atoms with Gasteiger partial charge >= 0.3 is 0 Å². The SMILES string of the molecule is C#CCCCCNS(=O)(=O)c1cc(N)cs1. The molecule has 0 aliphatic carbocycles. The maximum absolute atomic E-state index is 11.7. The van der Waals surface area contributed by atoms with E-state index in [4.69, 9.17) is 12.2 Å². The second-order valence-corrected chi connectivity index (χ2v) is 6.16. The van der Waals surface area contributed by atoms with E-state index < -0.39 is 10.0 Å². The first-order valence-corrected chi connectivity index (χ1v) is 7.19. The van der Waals surface area contributed by atoms with Gasteiger partial charge in [0.05, 0.1) is 0 Å². The zero-order chi connectivity index (χ0) is 12.0. The maximum atomic E-state index is 11.7. The Balaban J connectivity index is 2.45. The quantitative estimate of drug-likeness (QED) is 0.598. The van der Waals surface area contributed by atoms with Gasteiger partial charge in [-0.2, -0.15) is 0 Å².